The van der Waals surface area contributed by atoms with Gasteiger partial charge in [0.1, 0.15) is 0 Å². The van der Waals surface area contributed by atoms with Crippen molar-refractivity contribution < 1.29 is 4.57 Å². The van der Waals surface area contributed by atoms with E-state index in [2.05, 4.69) is 20.8 Å². The maximum atomic E-state index is 11.3. The second kappa shape index (κ2) is 3.57. The van der Waals surface area contributed by atoms with Crippen LogP contribution in [0, 0.1) is 11.8 Å². The van der Waals surface area contributed by atoms with Gasteiger partial charge in [-0.1, -0.05) is 20.8 Å². The molecule has 0 aliphatic rings. The highest BCUT2D eigenvalue weighted by atomic mass is 31.2. The minimum atomic E-state index is -1.78. The van der Waals surface area contributed by atoms with Crippen molar-refractivity contribution in [3.8, 4) is 0 Å². The van der Waals surface area contributed by atoms with E-state index in [1.54, 1.807) is 0 Å². The zero-order valence-corrected chi connectivity index (χ0v) is 8.61. The van der Waals surface area contributed by atoms with Crippen LogP contribution in [0.25, 0.3) is 0 Å². The van der Waals surface area contributed by atoms with E-state index in [0.717, 1.165) is 6.16 Å². The molecule has 0 bridgehead atoms. The van der Waals surface area contributed by atoms with Gasteiger partial charge in [-0.15, -0.1) is 0 Å². The van der Waals surface area contributed by atoms with Crippen LogP contribution in [-0.2, 0) is 4.57 Å². The van der Waals surface area contributed by atoms with Crippen LogP contribution in [0.15, 0.2) is 0 Å². The van der Waals surface area contributed by atoms with Crippen molar-refractivity contribution in [2.24, 2.45) is 11.8 Å². The predicted molar refractivity (Wildman–Crippen MR) is 48.3 cm³/mol. The van der Waals surface area contributed by atoms with E-state index in [1.807, 2.05) is 13.3 Å². The lowest BCUT2D eigenvalue weighted by molar-refractivity contribution is 0.454. The molecule has 0 N–H and O–H groups in total. The minimum Gasteiger partial charge on any atom is -0.324 e. The SMILES string of the molecule is CC(C)[C@H](C)CP(C)(C)=O. The third-order valence-electron chi connectivity index (χ3n) is 1.87. The Morgan fingerprint density at radius 3 is 1.70 bits per heavy atom. The molecule has 0 radical (unpaired) electrons. The summed E-state index contributed by atoms with van der Waals surface area (Å²) in [5.41, 5.74) is 0. The monoisotopic (exact) mass is 162 g/mol. The molecule has 62 valence electrons. The summed E-state index contributed by atoms with van der Waals surface area (Å²) in [5.74, 6) is 1.26. The molecule has 0 aromatic rings. The third kappa shape index (κ3) is 5.05. The summed E-state index contributed by atoms with van der Waals surface area (Å²) in [4.78, 5) is 0. The quantitative estimate of drug-likeness (QED) is 0.583. The van der Waals surface area contributed by atoms with Crippen LogP contribution < -0.4 is 0 Å². The average molecular weight is 162 g/mol. The van der Waals surface area contributed by atoms with E-state index in [-0.39, 0.29) is 0 Å². The fraction of sp³-hybridized carbons (Fsp3) is 1.00. The zero-order chi connectivity index (χ0) is 8.36. The molecule has 0 aromatic heterocycles. The van der Waals surface area contributed by atoms with Crippen LogP contribution in [0.1, 0.15) is 20.8 Å². The normalized spacial score (nSPS) is 15.8. The lowest BCUT2D eigenvalue weighted by Gasteiger charge is -2.17. The molecule has 2 heteroatoms. The molecule has 0 amide bonds. The highest BCUT2D eigenvalue weighted by molar-refractivity contribution is 7.62. The van der Waals surface area contributed by atoms with Gasteiger partial charge in [0, 0.05) is 6.16 Å². The molecule has 0 aromatic carbocycles. The molecule has 0 fully saturated rings. The van der Waals surface area contributed by atoms with E-state index in [9.17, 15) is 4.57 Å². The average Bonchev–Trinajstić information content (AvgIpc) is 1.60. The molecular formula is C8H19OP. The summed E-state index contributed by atoms with van der Waals surface area (Å²) in [6, 6.07) is 0. The van der Waals surface area contributed by atoms with Gasteiger partial charge in [-0.3, -0.25) is 0 Å². The first-order valence-corrected chi connectivity index (χ1v) is 6.65. The van der Waals surface area contributed by atoms with Crippen molar-refractivity contribution in [1.82, 2.24) is 0 Å². The van der Waals surface area contributed by atoms with Crippen LogP contribution in [0.3, 0.4) is 0 Å². The zero-order valence-electron chi connectivity index (χ0n) is 7.72. The summed E-state index contributed by atoms with van der Waals surface area (Å²) in [7, 11) is -1.78. The Morgan fingerprint density at radius 1 is 1.20 bits per heavy atom. The van der Waals surface area contributed by atoms with Crippen LogP contribution in [0.5, 0.6) is 0 Å². The standard InChI is InChI=1S/C8H19OP/c1-7(2)8(3)6-10(4,5)9/h7-8H,6H2,1-5H3/t8-/m1/s1. The van der Waals surface area contributed by atoms with Crippen molar-refractivity contribution >= 4 is 7.14 Å². The highest BCUT2D eigenvalue weighted by Crippen LogP contribution is 2.39. The Labute approximate surface area is 64.6 Å². The van der Waals surface area contributed by atoms with Gasteiger partial charge >= 0.3 is 0 Å². The van der Waals surface area contributed by atoms with Crippen LogP contribution in [-0.4, -0.2) is 19.5 Å². The van der Waals surface area contributed by atoms with E-state index in [0.29, 0.717) is 11.8 Å². The summed E-state index contributed by atoms with van der Waals surface area (Å²) < 4.78 is 11.3. The van der Waals surface area contributed by atoms with Gasteiger partial charge in [0.15, 0.2) is 0 Å². The van der Waals surface area contributed by atoms with Gasteiger partial charge in [-0.25, -0.2) is 0 Å². The first kappa shape index (κ1) is 10.2. The van der Waals surface area contributed by atoms with Gasteiger partial charge in [-0.2, -0.15) is 0 Å². The molecule has 0 heterocycles. The van der Waals surface area contributed by atoms with Crippen LogP contribution in [0.2, 0.25) is 0 Å². The molecule has 10 heavy (non-hydrogen) atoms. The smallest absolute Gasteiger partial charge is 0.0822 e. The molecule has 0 unspecified atom stereocenters. The number of hydrogen-bond acceptors (Lipinski definition) is 1. The number of hydrogen-bond donors (Lipinski definition) is 0. The van der Waals surface area contributed by atoms with Crippen molar-refractivity contribution in [3.05, 3.63) is 0 Å². The second-order valence-electron chi connectivity index (χ2n) is 3.98. The van der Waals surface area contributed by atoms with Crippen molar-refractivity contribution in [1.29, 1.82) is 0 Å². The van der Waals surface area contributed by atoms with Gasteiger partial charge in [0.05, 0.1) is 7.14 Å². The summed E-state index contributed by atoms with van der Waals surface area (Å²) in [5, 5.41) is 0. The van der Waals surface area contributed by atoms with Crippen molar-refractivity contribution in [3.63, 3.8) is 0 Å². The molecule has 1 atom stereocenters. The van der Waals surface area contributed by atoms with E-state index in [1.165, 1.54) is 0 Å². The second-order valence-corrected chi connectivity index (χ2v) is 7.49. The van der Waals surface area contributed by atoms with E-state index < -0.39 is 7.14 Å². The fourth-order valence-corrected chi connectivity index (χ4v) is 2.71. The van der Waals surface area contributed by atoms with Gasteiger partial charge in [-0.05, 0) is 25.2 Å². The number of rotatable bonds is 3. The minimum absolute atomic E-state index is 0.598. The molecule has 0 aliphatic heterocycles. The Hall–Kier alpha value is 0.230. The maximum Gasteiger partial charge on any atom is 0.0822 e. The highest BCUT2D eigenvalue weighted by Gasteiger charge is 2.15. The van der Waals surface area contributed by atoms with E-state index in [4.69, 9.17) is 0 Å². The topological polar surface area (TPSA) is 17.1 Å². The van der Waals surface area contributed by atoms with E-state index >= 15 is 0 Å². The molecular weight excluding hydrogens is 143 g/mol. The Balaban J connectivity index is 3.80. The van der Waals surface area contributed by atoms with Crippen molar-refractivity contribution in [2.75, 3.05) is 19.5 Å². The Kier molecular flexibility index (Phi) is 3.65. The largest absolute Gasteiger partial charge is 0.324 e. The molecule has 1 nitrogen and oxygen atoms in total. The van der Waals surface area contributed by atoms with Crippen molar-refractivity contribution in [2.45, 2.75) is 20.8 Å². The van der Waals surface area contributed by atoms with Gasteiger partial charge in [0.2, 0.25) is 0 Å². The summed E-state index contributed by atoms with van der Waals surface area (Å²) in [6.07, 6.45) is 0.894. The molecule has 0 spiro atoms. The lowest BCUT2D eigenvalue weighted by atomic mass is 10.0. The van der Waals surface area contributed by atoms with Gasteiger partial charge < -0.3 is 4.57 Å². The Morgan fingerprint density at radius 2 is 1.60 bits per heavy atom. The molecule has 0 saturated carbocycles. The predicted octanol–water partition coefficient (Wildman–Crippen LogP) is 2.90. The summed E-state index contributed by atoms with van der Waals surface area (Å²) >= 11 is 0. The fourth-order valence-electron chi connectivity index (χ4n) is 0.904. The molecule has 0 rings (SSSR count). The molecule has 0 saturated heterocycles. The van der Waals surface area contributed by atoms with Crippen LogP contribution in [0.4, 0.5) is 0 Å². The van der Waals surface area contributed by atoms with Gasteiger partial charge in [0.25, 0.3) is 0 Å². The maximum absolute atomic E-state index is 11.3. The summed E-state index contributed by atoms with van der Waals surface area (Å²) in [6.45, 7) is 10.3. The molecule has 0 aliphatic carbocycles. The third-order valence-corrected chi connectivity index (χ3v) is 3.32. The lowest BCUT2D eigenvalue weighted by Crippen LogP contribution is -2.08. The first-order valence-electron chi connectivity index (χ1n) is 3.87. The Bertz CT molecular complexity index is 134. The first-order chi connectivity index (χ1) is 4.33. The van der Waals surface area contributed by atoms with Crippen LogP contribution >= 0.6 is 7.14 Å².